The van der Waals surface area contributed by atoms with Crippen molar-refractivity contribution in [3.05, 3.63) is 33.8 Å². The molecule has 1 aliphatic heterocycles. The number of hydrogen-bond donors (Lipinski definition) is 0. The predicted molar refractivity (Wildman–Crippen MR) is 67.7 cm³/mol. The first kappa shape index (κ1) is 13.2. The lowest BCUT2D eigenvalue weighted by molar-refractivity contribution is 0.00347. The lowest BCUT2D eigenvalue weighted by Crippen LogP contribution is -2.45. The molecule has 4 nitrogen and oxygen atoms in total. The van der Waals surface area contributed by atoms with Crippen LogP contribution in [0.4, 0.5) is 0 Å². The second-order valence-electron chi connectivity index (χ2n) is 3.86. The van der Waals surface area contributed by atoms with Crippen molar-refractivity contribution in [3.8, 4) is 6.07 Å². The van der Waals surface area contributed by atoms with Gasteiger partial charge >= 0.3 is 0 Å². The standard InChI is InChI=1S/C12H10Cl2N2O2/c13-8-1-2-10(11(14)5-8)12(17)16-3-4-18-9(6-15)7-16/h1-2,5,9H,3-4,7H2. The molecule has 18 heavy (non-hydrogen) atoms. The first-order chi connectivity index (χ1) is 8.61. The van der Waals surface area contributed by atoms with E-state index in [4.69, 9.17) is 33.2 Å². The van der Waals surface area contributed by atoms with E-state index in [1.54, 1.807) is 17.0 Å². The maximum absolute atomic E-state index is 12.2. The van der Waals surface area contributed by atoms with Crippen molar-refractivity contribution in [2.75, 3.05) is 19.7 Å². The molecule has 1 aliphatic rings. The van der Waals surface area contributed by atoms with Gasteiger partial charge in [-0.2, -0.15) is 5.26 Å². The van der Waals surface area contributed by atoms with Crippen molar-refractivity contribution in [2.45, 2.75) is 6.10 Å². The number of carbonyl (C=O) groups is 1. The van der Waals surface area contributed by atoms with Gasteiger partial charge in [0.25, 0.3) is 5.91 Å². The summed E-state index contributed by atoms with van der Waals surface area (Å²) in [6.07, 6.45) is -0.575. The Kier molecular flexibility index (Phi) is 4.07. The molecular weight excluding hydrogens is 275 g/mol. The Bertz CT molecular complexity index is 513. The first-order valence-corrected chi connectivity index (χ1v) is 6.13. The van der Waals surface area contributed by atoms with Crippen molar-refractivity contribution in [3.63, 3.8) is 0 Å². The topological polar surface area (TPSA) is 53.3 Å². The van der Waals surface area contributed by atoms with Crippen molar-refractivity contribution in [1.82, 2.24) is 4.90 Å². The van der Waals surface area contributed by atoms with E-state index in [1.807, 2.05) is 6.07 Å². The van der Waals surface area contributed by atoms with E-state index in [1.165, 1.54) is 6.07 Å². The fourth-order valence-corrected chi connectivity index (χ4v) is 2.23. The van der Waals surface area contributed by atoms with E-state index >= 15 is 0 Å². The summed E-state index contributed by atoms with van der Waals surface area (Å²) < 4.78 is 5.18. The summed E-state index contributed by atoms with van der Waals surface area (Å²) in [5, 5.41) is 9.59. The van der Waals surface area contributed by atoms with Gasteiger partial charge < -0.3 is 9.64 Å². The number of amides is 1. The molecule has 0 N–H and O–H groups in total. The number of benzene rings is 1. The highest BCUT2D eigenvalue weighted by molar-refractivity contribution is 6.36. The van der Waals surface area contributed by atoms with Crippen LogP contribution in [0.5, 0.6) is 0 Å². The van der Waals surface area contributed by atoms with Crippen LogP contribution in [-0.2, 0) is 4.74 Å². The number of carbonyl (C=O) groups excluding carboxylic acids is 1. The van der Waals surface area contributed by atoms with Gasteiger partial charge in [0.2, 0.25) is 0 Å². The molecule has 1 amide bonds. The van der Waals surface area contributed by atoms with Crippen LogP contribution in [0, 0.1) is 11.3 Å². The van der Waals surface area contributed by atoms with Crippen LogP contribution in [-0.4, -0.2) is 36.6 Å². The lowest BCUT2D eigenvalue weighted by atomic mass is 10.1. The summed E-state index contributed by atoms with van der Waals surface area (Å²) in [5.41, 5.74) is 0.389. The van der Waals surface area contributed by atoms with Gasteiger partial charge in [-0.3, -0.25) is 4.79 Å². The van der Waals surface area contributed by atoms with Crippen molar-refractivity contribution in [2.24, 2.45) is 0 Å². The molecule has 0 bridgehead atoms. The number of halogens is 2. The number of hydrogen-bond acceptors (Lipinski definition) is 3. The number of ether oxygens (including phenoxy) is 1. The summed E-state index contributed by atoms with van der Waals surface area (Å²) in [5.74, 6) is -0.208. The highest BCUT2D eigenvalue weighted by atomic mass is 35.5. The van der Waals surface area contributed by atoms with Crippen LogP contribution in [0.15, 0.2) is 18.2 Å². The molecule has 1 unspecified atom stereocenters. The molecule has 2 rings (SSSR count). The van der Waals surface area contributed by atoms with Crippen molar-refractivity contribution >= 4 is 29.1 Å². The Labute approximate surface area is 115 Å². The zero-order valence-corrected chi connectivity index (χ0v) is 10.9. The van der Waals surface area contributed by atoms with Crippen molar-refractivity contribution in [1.29, 1.82) is 5.26 Å². The number of nitrogens with zero attached hydrogens (tertiary/aromatic N) is 2. The minimum absolute atomic E-state index is 0.208. The smallest absolute Gasteiger partial charge is 0.255 e. The third kappa shape index (κ3) is 2.75. The summed E-state index contributed by atoms with van der Waals surface area (Å²) in [7, 11) is 0. The van der Waals surface area contributed by atoms with Crippen LogP contribution < -0.4 is 0 Å². The predicted octanol–water partition coefficient (Wildman–Crippen LogP) is 2.36. The maximum Gasteiger partial charge on any atom is 0.255 e. The average Bonchev–Trinajstić information content (AvgIpc) is 2.38. The quantitative estimate of drug-likeness (QED) is 0.796. The summed E-state index contributed by atoms with van der Waals surface area (Å²) in [4.78, 5) is 13.8. The van der Waals surface area contributed by atoms with E-state index < -0.39 is 6.10 Å². The van der Waals surface area contributed by atoms with Gasteiger partial charge in [-0.05, 0) is 18.2 Å². The number of rotatable bonds is 1. The minimum atomic E-state index is -0.575. The number of morpholine rings is 1. The Hall–Kier alpha value is -1.28. The Morgan fingerprint density at radius 3 is 2.94 bits per heavy atom. The highest BCUT2D eigenvalue weighted by Gasteiger charge is 2.25. The van der Waals surface area contributed by atoms with Gasteiger partial charge in [-0.25, -0.2) is 0 Å². The maximum atomic E-state index is 12.2. The van der Waals surface area contributed by atoms with Gasteiger partial charge in [0.05, 0.1) is 29.8 Å². The molecule has 1 atom stereocenters. The number of nitriles is 1. The zero-order chi connectivity index (χ0) is 13.1. The molecule has 0 aliphatic carbocycles. The Balaban J connectivity index is 2.18. The summed E-state index contributed by atoms with van der Waals surface area (Å²) in [6.45, 7) is 1.07. The highest BCUT2D eigenvalue weighted by Crippen LogP contribution is 2.23. The molecule has 1 aromatic rings. The van der Waals surface area contributed by atoms with E-state index in [2.05, 4.69) is 0 Å². The van der Waals surface area contributed by atoms with Gasteiger partial charge in [0, 0.05) is 11.6 Å². The zero-order valence-electron chi connectivity index (χ0n) is 9.40. The molecule has 0 radical (unpaired) electrons. The monoisotopic (exact) mass is 284 g/mol. The van der Waals surface area contributed by atoms with Gasteiger partial charge in [0.1, 0.15) is 0 Å². The van der Waals surface area contributed by atoms with Crippen LogP contribution in [0.1, 0.15) is 10.4 Å². The molecule has 1 fully saturated rings. The van der Waals surface area contributed by atoms with Gasteiger partial charge in [-0.1, -0.05) is 23.2 Å². The second-order valence-corrected chi connectivity index (χ2v) is 4.71. The van der Waals surface area contributed by atoms with Gasteiger partial charge in [0.15, 0.2) is 6.10 Å². The van der Waals surface area contributed by atoms with Crippen molar-refractivity contribution < 1.29 is 9.53 Å². The molecule has 6 heteroatoms. The minimum Gasteiger partial charge on any atom is -0.360 e. The molecule has 0 spiro atoms. The van der Waals surface area contributed by atoms with Gasteiger partial charge in [-0.15, -0.1) is 0 Å². The molecule has 0 aromatic heterocycles. The van der Waals surface area contributed by atoms with Crippen LogP contribution in [0.2, 0.25) is 10.0 Å². The SMILES string of the molecule is N#CC1CN(C(=O)c2ccc(Cl)cc2Cl)CCO1. The Morgan fingerprint density at radius 2 is 2.28 bits per heavy atom. The fourth-order valence-electron chi connectivity index (χ4n) is 1.75. The molecule has 1 saturated heterocycles. The van der Waals surface area contributed by atoms with E-state index in [9.17, 15) is 4.79 Å². The molecule has 1 aromatic carbocycles. The fraction of sp³-hybridized carbons (Fsp3) is 0.333. The van der Waals surface area contributed by atoms with E-state index in [0.29, 0.717) is 28.8 Å². The molecule has 94 valence electrons. The van der Waals surface area contributed by atoms with Crippen LogP contribution in [0.3, 0.4) is 0 Å². The third-order valence-corrected chi connectivity index (χ3v) is 3.21. The lowest BCUT2D eigenvalue weighted by Gasteiger charge is -2.30. The van der Waals surface area contributed by atoms with E-state index in [-0.39, 0.29) is 12.5 Å². The van der Waals surface area contributed by atoms with Crippen LogP contribution in [0.25, 0.3) is 0 Å². The molecule has 1 heterocycles. The first-order valence-electron chi connectivity index (χ1n) is 5.37. The van der Waals surface area contributed by atoms with Crippen LogP contribution >= 0.6 is 23.2 Å². The Morgan fingerprint density at radius 1 is 1.50 bits per heavy atom. The average molecular weight is 285 g/mol. The van der Waals surface area contributed by atoms with E-state index in [0.717, 1.165) is 0 Å². The molecular formula is C12H10Cl2N2O2. The summed E-state index contributed by atoms with van der Waals surface area (Å²) in [6, 6.07) is 6.72. The summed E-state index contributed by atoms with van der Waals surface area (Å²) >= 11 is 11.8. The third-order valence-electron chi connectivity index (χ3n) is 2.66. The second kappa shape index (κ2) is 5.57. The largest absolute Gasteiger partial charge is 0.360 e. The normalized spacial score (nSPS) is 19.4. The molecule has 0 saturated carbocycles.